The number of ether oxygens (including phenoxy) is 2. The van der Waals surface area contributed by atoms with Crippen LogP contribution in [-0.4, -0.2) is 37.5 Å². The van der Waals surface area contributed by atoms with Crippen molar-refractivity contribution in [1.82, 2.24) is 0 Å². The van der Waals surface area contributed by atoms with Gasteiger partial charge in [0.25, 0.3) is 0 Å². The first-order chi connectivity index (χ1) is 14.1. The van der Waals surface area contributed by atoms with Gasteiger partial charge in [-0.05, 0) is 42.8 Å². The number of hydrogen-bond acceptors (Lipinski definition) is 5. The number of carbonyl (C=O) groups is 3. The van der Waals surface area contributed by atoms with Crippen molar-refractivity contribution >= 4 is 29.2 Å². The van der Waals surface area contributed by atoms with Crippen molar-refractivity contribution in [1.29, 1.82) is 0 Å². The van der Waals surface area contributed by atoms with Gasteiger partial charge < -0.3 is 19.7 Å². The van der Waals surface area contributed by atoms with Gasteiger partial charge in [0.2, 0.25) is 11.8 Å². The summed E-state index contributed by atoms with van der Waals surface area (Å²) in [6.45, 7) is 3.20. The Balaban J connectivity index is 1.50. The third-order valence-corrected chi connectivity index (χ3v) is 4.44. The molecule has 7 nitrogen and oxygen atoms in total. The van der Waals surface area contributed by atoms with Crippen molar-refractivity contribution in [2.45, 2.75) is 26.2 Å². The van der Waals surface area contributed by atoms with E-state index < -0.39 is 0 Å². The fourth-order valence-electron chi connectivity index (χ4n) is 2.98. The lowest BCUT2D eigenvalue weighted by Crippen LogP contribution is -2.38. The third kappa shape index (κ3) is 5.34. The van der Waals surface area contributed by atoms with Crippen LogP contribution >= 0.6 is 0 Å². The lowest BCUT2D eigenvalue weighted by Gasteiger charge is -2.29. The molecule has 1 heterocycles. The number of fused-ring (bicyclic) bond motifs is 1. The van der Waals surface area contributed by atoms with Gasteiger partial charge in [-0.2, -0.15) is 0 Å². The molecule has 0 aromatic heterocycles. The quantitative estimate of drug-likeness (QED) is 0.725. The van der Waals surface area contributed by atoms with E-state index in [1.54, 1.807) is 29.2 Å². The van der Waals surface area contributed by atoms with Gasteiger partial charge in [-0.25, -0.2) is 4.79 Å². The maximum Gasteiger partial charge on any atom is 0.338 e. The molecule has 1 aliphatic rings. The smallest absolute Gasteiger partial charge is 0.338 e. The molecule has 0 bridgehead atoms. The lowest BCUT2D eigenvalue weighted by molar-refractivity contribution is -0.122. The monoisotopic (exact) mass is 396 g/mol. The molecule has 2 amide bonds. The highest BCUT2D eigenvalue weighted by Gasteiger charge is 2.23. The number of esters is 1. The summed E-state index contributed by atoms with van der Waals surface area (Å²) in [7, 11) is 0. The highest BCUT2D eigenvalue weighted by Crippen LogP contribution is 2.31. The van der Waals surface area contributed by atoms with Crippen molar-refractivity contribution in [3.63, 3.8) is 0 Å². The first-order valence-electron chi connectivity index (χ1n) is 9.67. The fourth-order valence-corrected chi connectivity index (χ4v) is 2.98. The Morgan fingerprint density at radius 2 is 1.83 bits per heavy atom. The summed E-state index contributed by atoms with van der Waals surface area (Å²) in [5, 5.41) is 2.74. The normalized spacial score (nSPS) is 12.5. The van der Waals surface area contributed by atoms with Crippen LogP contribution in [0.15, 0.2) is 48.5 Å². The first-order valence-corrected chi connectivity index (χ1v) is 9.67. The minimum absolute atomic E-state index is 0.0681. The third-order valence-electron chi connectivity index (χ3n) is 4.44. The van der Waals surface area contributed by atoms with Crippen LogP contribution in [0.1, 0.15) is 36.5 Å². The van der Waals surface area contributed by atoms with Crippen LogP contribution in [0.25, 0.3) is 0 Å². The minimum atomic E-state index is -0.388. The maximum absolute atomic E-state index is 12.6. The van der Waals surface area contributed by atoms with Gasteiger partial charge >= 0.3 is 5.97 Å². The first kappa shape index (κ1) is 20.4. The van der Waals surface area contributed by atoms with Crippen LogP contribution in [0.3, 0.4) is 0 Å². The van der Waals surface area contributed by atoms with Crippen LogP contribution in [0.5, 0.6) is 5.75 Å². The number of hydrogen-bond donors (Lipinski definition) is 1. The summed E-state index contributed by atoms with van der Waals surface area (Å²) in [5.74, 6) is -0.0960. The molecular formula is C22H24N2O5. The molecule has 152 valence electrons. The number of rotatable bonds is 7. The molecule has 7 heteroatoms. The number of amides is 2. The molecule has 0 saturated heterocycles. The molecule has 0 spiro atoms. The number of anilines is 2. The standard InChI is InChI=1S/C22H24N2O5/c1-2-14-29-22(27)16-7-9-17(10-8-16)23-20(25)11-12-21(26)24-13-15-28-19-6-4-3-5-18(19)24/h3-10H,2,11-15H2,1H3,(H,23,25). The second-order valence-electron chi connectivity index (χ2n) is 6.62. The van der Waals surface area contributed by atoms with E-state index in [-0.39, 0.29) is 30.6 Å². The SMILES string of the molecule is CCCOC(=O)c1ccc(NC(=O)CCC(=O)N2CCOc3ccccc32)cc1. The summed E-state index contributed by atoms with van der Waals surface area (Å²) in [6.07, 6.45) is 0.925. The average Bonchev–Trinajstić information content (AvgIpc) is 2.76. The number of para-hydroxylation sites is 2. The van der Waals surface area contributed by atoms with Crippen molar-refractivity contribution in [2.24, 2.45) is 0 Å². The number of nitrogens with zero attached hydrogens (tertiary/aromatic N) is 1. The lowest BCUT2D eigenvalue weighted by atomic mass is 10.2. The molecule has 2 aromatic carbocycles. The molecule has 0 radical (unpaired) electrons. The van der Waals surface area contributed by atoms with Gasteiger partial charge in [-0.3, -0.25) is 9.59 Å². The molecule has 2 aromatic rings. The highest BCUT2D eigenvalue weighted by atomic mass is 16.5. The van der Waals surface area contributed by atoms with Crippen LogP contribution < -0.4 is 15.0 Å². The summed E-state index contributed by atoms with van der Waals surface area (Å²) in [5.41, 5.74) is 1.72. The Morgan fingerprint density at radius 1 is 1.07 bits per heavy atom. The topological polar surface area (TPSA) is 84.9 Å². The number of nitrogens with one attached hydrogen (secondary N) is 1. The van der Waals surface area contributed by atoms with E-state index in [1.807, 2.05) is 31.2 Å². The van der Waals surface area contributed by atoms with E-state index in [9.17, 15) is 14.4 Å². The van der Waals surface area contributed by atoms with E-state index in [1.165, 1.54) is 0 Å². The van der Waals surface area contributed by atoms with Gasteiger partial charge in [0.05, 0.1) is 24.4 Å². The average molecular weight is 396 g/mol. The number of benzene rings is 2. The van der Waals surface area contributed by atoms with E-state index in [2.05, 4.69) is 5.32 Å². The summed E-state index contributed by atoms with van der Waals surface area (Å²) < 4.78 is 10.6. The number of carbonyl (C=O) groups excluding carboxylic acids is 3. The van der Waals surface area contributed by atoms with E-state index in [4.69, 9.17) is 9.47 Å². The van der Waals surface area contributed by atoms with Crippen molar-refractivity contribution in [3.8, 4) is 5.75 Å². The molecular weight excluding hydrogens is 372 g/mol. The summed E-state index contributed by atoms with van der Waals surface area (Å²) in [6, 6.07) is 13.8. The zero-order valence-corrected chi connectivity index (χ0v) is 16.3. The molecule has 0 fully saturated rings. The molecule has 1 aliphatic heterocycles. The molecule has 0 atom stereocenters. The Morgan fingerprint density at radius 3 is 2.59 bits per heavy atom. The van der Waals surface area contributed by atoms with Crippen LogP contribution in [0, 0.1) is 0 Å². The van der Waals surface area contributed by atoms with Crippen molar-refractivity contribution < 1.29 is 23.9 Å². The molecule has 0 unspecified atom stereocenters. The molecule has 1 N–H and O–H groups in total. The fraction of sp³-hybridized carbons (Fsp3) is 0.318. The molecule has 0 aliphatic carbocycles. The zero-order valence-electron chi connectivity index (χ0n) is 16.3. The van der Waals surface area contributed by atoms with Crippen molar-refractivity contribution in [2.75, 3.05) is 30.0 Å². The maximum atomic E-state index is 12.6. The van der Waals surface area contributed by atoms with E-state index >= 15 is 0 Å². The molecule has 0 saturated carbocycles. The minimum Gasteiger partial charge on any atom is -0.490 e. The van der Waals surface area contributed by atoms with Gasteiger partial charge in [-0.1, -0.05) is 19.1 Å². The summed E-state index contributed by atoms with van der Waals surface area (Å²) in [4.78, 5) is 38.2. The Labute approximate surface area is 169 Å². The van der Waals surface area contributed by atoms with E-state index in [0.29, 0.717) is 36.8 Å². The Kier molecular flexibility index (Phi) is 6.84. The van der Waals surface area contributed by atoms with Crippen LogP contribution in [0.2, 0.25) is 0 Å². The molecule has 3 rings (SSSR count). The van der Waals surface area contributed by atoms with Gasteiger partial charge in [0, 0.05) is 18.5 Å². The van der Waals surface area contributed by atoms with Crippen molar-refractivity contribution in [3.05, 3.63) is 54.1 Å². The molecule has 29 heavy (non-hydrogen) atoms. The predicted molar refractivity (Wildman–Crippen MR) is 109 cm³/mol. The van der Waals surface area contributed by atoms with Crippen LogP contribution in [0.4, 0.5) is 11.4 Å². The summed E-state index contributed by atoms with van der Waals surface area (Å²) >= 11 is 0. The zero-order chi connectivity index (χ0) is 20.6. The second kappa shape index (κ2) is 9.73. The van der Waals surface area contributed by atoms with E-state index in [0.717, 1.165) is 12.1 Å². The van der Waals surface area contributed by atoms with Gasteiger partial charge in [0.15, 0.2) is 0 Å². The Hall–Kier alpha value is -3.35. The predicted octanol–water partition coefficient (Wildman–Crippen LogP) is 3.40. The second-order valence-corrected chi connectivity index (χ2v) is 6.62. The van der Waals surface area contributed by atoms with Gasteiger partial charge in [0.1, 0.15) is 12.4 Å². The Bertz CT molecular complexity index is 879. The van der Waals surface area contributed by atoms with Crippen LogP contribution in [-0.2, 0) is 14.3 Å². The van der Waals surface area contributed by atoms with Gasteiger partial charge in [-0.15, -0.1) is 0 Å². The highest BCUT2D eigenvalue weighted by molar-refractivity contribution is 5.99. The largest absolute Gasteiger partial charge is 0.490 e.